The first-order valence-corrected chi connectivity index (χ1v) is 3.20. The van der Waals surface area contributed by atoms with Crippen LogP contribution in [0, 0.1) is 0 Å². The molecule has 3 heteroatoms. The Labute approximate surface area is 61.1 Å². The largest absolute Gasteiger partial charge is 0.366 e. The van der Waals surface area contributed by atoms with Crippen LogP contribution in [-0.4, -0.2) is 11.4 Å². The molecule has 0 aromatic carbocycles. The van der Waals surface area contributed by atoms with Crippen LogP contribution in [0.2, 0.25) is 0 Å². The standard InChI is InChI=1S/C7H14N2O/c1-4-7(3,9)5(2)6(8)10/h2,4,9H2,1,3H3,(H2,8,10). The van der Waals surface area contributed by atoms with Crippen LogP contribution in [0.25, 0.3) is 0 Å². The SMILES string of the molecule is C=C(C(N)=O)C(C)(N)CC. The summed E-state index contributed by atoms with van der Waals surface area (Å²) >= 11 is 0. The zero-order valence-corrected chi connectivity index (χ0v) is 6.48. The van der Waals surface area contributed by atoms with Gasteiger partial charge in [0.1, 0.15) is 0 Å². The first-order valence-electron chi connectivity index (χ1n) is 3.20. The molecule has 0 aromatic heterocycles. The number of rotatable bonds is 3. The topological polar surface area (TPSA) is 69.1 Å². The Hall–Kier alpha value is -0.830. The van der Waals surface area contributed by atoms with Gasteiger partial charge in [-0.05, 0) is 13.3 Å². The lowest BCUT2D eigenvalue weighted by Gasteiger charge is -2.22. The fraction of sp³-hybridized carbons (Fsp3) is 0.571. The molecule has 0 heterocycles. The first-order chi connectivity index (χ1) is 4.41. The van der Waals surface area contributed by atoms with Gasteiger partial charge in [-0.2, -0.15) is 0 Å². The lowest BCUT2D eigenvalue weighted by atomic mass is 9.91. The molecular formula is C7H14N2O. The molecule has 0 bridgehead atoms. The van der Waals surface area contributed by atoms with E-state index in [1.54, 1.807) is 6.92 Å². The lowest BCUT2D eigenvalue weighted by Crippen LogP contribution is -2.42. The van der Waals surface area contributed by atoms with E-state index in [0.29, 0.717) is 6.42 Å². The molecule has 3 nitrogen and oxygen atoms in total. The van der Waals surface area contributed by atoms with Crippen LogP contribution in [0.5, 0.6) is 0 Å². The second-order valence-electron chi connectivity index (χ2n) is 2.61. The molecule has 0 aromatic rings. The van der Waals surface area contributed by atoms with Gasteiger partial charge in [0.05, 0.1) is 0 Å². The minimum Gasteiger partial charge on any atom is -0.366 e. The van der Waals surface area contributed by atoms with E-state index in [2.05, 4.69) is 6.58 Å². The van der Waals surface area contributed by atoms with Gasteiger partial charge in [-0.1, -0.05) is 13.5 Å². The van der Waals surface area contributed by atoms with Gasteiger partial charge in [-0.25, -0.2) is 0 Å². The molecule has 0 saturated heterocycles. The van der Waals surface area contributed by atoms with Gasteiger partial charge in [0.15, 0.2) is 0 Å². The highest BCUT2D eigenvalue weighted by Crippen LogP contribution is 2.14. The predicted octanol–water partition coefficient (Wildman–Crippen LogP) is 0.155. The molecule has 0 saturated carbocycles. The molecule has 0 aliphatic rings. The molecule has 4 N–H and O–H groups in total. The zero-order chi connectivity index (χ0) is 8.36. The van der Waals surface area contributed by atoms with E-state index < -0.39 is 11.4 Å². The number of amides is 1. The molecule has 0 fully saturated rings. The summed E-state index contributed by atoms with van der Waals surface area (Å²) in [5, 5.41) is 0. The van der Waals surface area contributed by atoms with Crippen molar-refractivity contribution >= 4 is 5.91 Å². The Kier molecular flexibility index (Phi) is 2.60. The molecule has 1 unspecified atom stereocenters. The number of primary amides is 1. The predicted molar refractivity (Wildman–Crippen MR) is 41.2 cm³/mol. The Balaban J connectivity index is 4.33. The van der Waals surface area contributed by atoms with Gasteiger partial charge in [-0.15, -0.1) is 0 Å². The van der Waals surface area contributed by atoms with Crippen LogP contribution in [0.1, 0.15) is 20.3 Å². The number of hydrogen-bond donors (Lipinski definition) is 2. The van der Waals surface area contributed by atoms with Crippen molar-refractivity contribution < 1.29 is 4.79 Å². The van der Waals surface area contributed by atoms with Crippen LogP contribution in [0.3, 0.4) is 0 Å². The normalized spacial score (nSPS) is 15.9. The van der Waals surface area contributed by atoms with Crippen LogP contribution >= 0.6 is 0 Å². The summed E-state index contributed by atoms with van der Waals surface area (Å²) in [7, 11) is 0. The summed E-state index contributed by atoms with van der Waals surface area (Å²) in [6, 6.07) is 0. The Morgan fingerprint density at radius 1 is 1.70 bits per heavy atom. The minimum absolute atomic E-state index is 0.287. The zero-order valence-electron chi connectivity index (χ0n) is 6.48. The van der Waals surface area contributed by atoms with Crippen molar-refractivity contribution in [3.63, 3.8) is 0 Å². The van der Waals surface area contributed by atoms with Gasteiger partial charge < -0.3 is 11.5 Å². The summed E-state index contributed by atoms with van der Waals surface area (Å²) < 4.78 is 0. The fourth-order valence-corrected chi connectivity index (χ4v) is 0.495. The average Bonchev–Trinajstić information content (AvgIpc) is 1.86. The van der Waals surface area contributed by atoms with Gasteiger partial charge in [0, 0.05) is 11.1 Å². The van der Waals surface area contributed by atoms with E-state index in [1.807, 2.05) is 6.92 Å². The molecule has 1 amide bonds. The van der Waals surface area contributed by atoms with Crippen LogP contribution in [0.15, 0.2) is 12.2 Å². The van der Waals surface area contributed by atoms with E-state index in [-0.39, 0.29) is 5.57 Å². The fourth-order valence-electron chi connectivity index (χ4n) is 0.495. The minimum atomic E-state index is -0.647. The van der Waals surface area contributed by atoms with Crippen molar-refractivity contribution in [3.05, 3.63) is 12.2 Å². The highest BCUT2D eigenvalue weighted by Gasteiger charge is 2.23. The second kappa shape index (κ2) is 2.84. The van der Waals surface area contributed by atoms with Gasteiger partial charge in [-0.3, -0.25) is 4.79 Å². The second-order valence-corrected chi connectivity index (χ2v) is 2.61. The molecule has 0 aliphatic carbocycles. The highest BCUT2D eigenvalue weighted by molar-refractivity contribution is 5.93. The number of carbonyl (C=O) groups is 1. The van der Waals surface area contributed by atoms with Crippen LogP contribution in [-0.2, 0) is 4.79 Å². The van der Waals surface area contributed by atoms with Gasteiger partial charge in [0.2, 0.25) is 5.91 Å². The molecule has 0 rings (SSSR count). The lowest BCUT2D eigenvalue weighted by molar-refractivity contribution is -0.115. The van der Waals surface area contributed by atoms with E-state index >= 15 is 0 Å². The summed E-state index contributed by atoms with van der Waals surface area (Å²) in [6.07, 6.45) is 0.661. The molecule has 58 valence electrons. The van der Waals surface area contributed by atoms with Crippen molar-refractivity contribution in [2.24, 2.45) is 11.5 Å². The molecule has 0 spiro atoms. The van der Waals surface area contributed by atoms with E-state index in [4.69, 9.17) is 11.5 Å². The third-order valence-electron chi connectivity index (χ3n) is 1.72. The van der Waals surface area contributed by atoms with Crippen molar-refractivity contribution in [1.29, 1.82) is 0 Å². The highest BCUT2D eigenvalue weighted by atomic mass is 16.1. The van der Waals surface area contributed by atoms with Crippen LogP contribution in [0.4, 0.5) is 0 Å². The summed E-state index contributed by atoms with van der Waals surface area (Å²) in [4.78, 5) is 10.5. The third-order valence-corrected chi connectivity index (χ3v) is 1.72. The first kappa shape index (κ1) is 9.17. The van der Waals surface area contributed by atoms with Gasteiger partial charge >= 0.3 is 0 Å². The Morgan fingerprint density at radius 3 is 2.20 bits per heavy atom. The maximum absolute atomic E-state index is 10.5. The Morgan fingerprint density at radius 2 is 2.10 bits per heavy atom. The maximum Gasteiger partial charge on any atom is 0.245 e. The van der Waals surface area contributed by atoms with E-state index in [0.717, 1.165) is 0 Å². The maximum atomic E-state index is 10.5. The van der Waals surface area contributed by atoms with Gasteiger partial charge in [0.25, 0.3) is 0 Å². The quantitative estimate of drug-likeness (QED) is 0.551. The number of carbonyl (C=O) groups excluding carboxylic acids is 1. The van der Waals surface area contributed by atoms with E-state index in [1.165, 1.54) is 0 Å². The molecule has 10 heavy (non-hydrogen) atoms. The number of hydrogen-bond acceptors (Lipinski definition) is 2. The summed E-state index contributed by atoms with van der Waals surface area (Å²) in [5.74, 6) is -0.521. The van der Waals surface area contributed by atoms with Crippen molar-refractivity contribution in [1.82, 2.24) is 0 Å². The molecule has 0 aliphatic heterocycles. The molecule has 0 radical (unpaired) electrons. The number of nitrogens with two attached hydrogens (primary N) is 2. The van der Waals surface area contributed by atoms with E-state index in [9.17, 15) is 4.79 Å². The Bertz CT molecular complexity index is 161. The monoisotopic (exact) mass is 142 g/mol. The smallest absolute Gasteiger partial charge is 0.245 e. The molecular weight excluding hydrogens is 128 g/mol. The van der Waals surface area contributed by atoms with Crippen molar-refractivity contribution in [2.45, 2.75) is 25.8 Å². The summed E-state index contributed by atoms with van der Waals surface area (Å²) in [6.45, 7) is 7.12. The summed E-state index contributed by atoms with van der Waals surface area (Å²) in [5.41, 5.74) is 10.3. The molecule has 1 atom stereocenters. The van der Waals surface area contributed by atoms with Crippen LogP contribution < -0.4 is 11.5 Å². The average molecular weight is 142 g/mol. The van der Waals surface area contributed by atoms with Crippen molar-refractivity contribution in [2.75, 3.05) is 0 Å². The van der Waals surface area contributed by atoms with Crippen molar-refractivity contribution in [3.8, 4) is 0 Å². The third kappa shape index (κ3) is 1.84.